The molecule has 0 saturated heterocycles. The van der Waals surface area contributed by atoms with Gasteiger partial charge in [-0.25, -0.2) is 9.48 Å². The predicted molar refractivity (Wildman–Crippen MR) is 106 cm³/mol. The quantitative estimate of drug-likeness (QED) is 0.540. The van der Waals surface area contributed by atoms with Gasteiger partial charge in [0.05, 0.1) is 18.5 Å². The fourth-order valence-corrected chi connectivity index (χ4v) is 2.75. The minimum absolute atomic E-state index is 0.0636. The lowest BCUT2D eigenvalue weighted by Gasteiger charge is -2.13. The van der Waals surface area contributed by atoms with Crippen LogP contribution in [-0.4, -0.2) is 26.9 Å². The van der Waals surface area contributed by atoms with Crippen molar-refractivity contribution in [2.45, 2.75) is 26.9 Å². The minimum atomic E-state index is -4.83. The molecule has 30 heavy (non-hydrogen) atoms. The average molecular weight is 442 g/mol. The molecule has 0 bridgehead atoms. The lowest BCUT2D eigenvalue weighted by atomic mass is 10.2. The van der Waals surface area contributed by atoms with Crippen molar-refractivity contribution in [1.29, 1.82) is 0 Å². The number of nitrogens with zero attached hydrogens (tertiary/aromatic N) is 3. The minimum Gasteiger partial charge on any atom is -0.462 e. The molecule has 0 fully saturated rings. The highest BCUT2D eigenvalue weighted by Gasteiger charge is 2.41. The summed E-state index contributed by atoms with van der Waals surface area (Å²) in [6, 6.07) is 8.35. The topological polar surface area (TPSA) is 66.1 Å². The second-order valence-corrected chi connectivity index (χ2v) is 6.04. The molecule has 0 aliphatic heterocycles. The summed E-state index contributed by atoms with van der Waals surface area (Å²) in [4.78, 5) is 23.8. The maximum absolute atomic E-state index is 13.5. The van der Waals surface area contributed by atoms with Gasteiger partial charge in [0.2, 0.25) is 0 Å². The Balaban J connectivity index is 0.00000155. The van der Waals surface area contributed by atoms with E-state index in [0.717, 1.165) is 6.20 Å². The fourth-order valence-electron chi connectivity index (χ4n) is 2.60. The van der Waals surface area contributed by atoms with Crippen LogP contribution in [0.5, 0.6) is 0 Å². The van der Waals surface area contributed by atoms with E-state index in [1.54, 1.807) is 0 Å². The van der Waals surface area contributed by atoms with E-state index < -0.39 is 23.4 Å². The van der Waals surface area contributed by atoms with E-state index in [9.17, 15) is 22.8 Å². The smallest absolute Gasteiger partial charge is 0.434 e. The number of alkyl halides is 3. The Hall–Kier alpha value is -3.07. The molecular formula is C20H19ClF3N3O3. The van der Waals surface area contributed by atoms with Crippen LogP contribution in [0.3, 0.4) is 0 Å². The molecule has 0 N–H and O–H groups in total. The third-order valence-corrected chi connectivity index (χ3v) is 4.02. The number of rotatable bonds is 4. The molecule has 0 amide bonds. The van der Waals surface area contributed by atoms with E-state index in [2.05, 4.69) is 9.84 Å². The summed E-state index contributed by atoms with van der Waals surface area (Å²) in [7, 11) is 0. The summed E-state index contributed by atoms with van der Waals surface area (Å²) < 4.78 is 47.2. The number of carbonyl (C=O) groups is 1. The van der Waals surface area contributed by atoms with Gasteiger partial charge in [0.25, 0.3) is 5.56 Å². The van der Waals surface area contributed by atoms with Crippen LogP contribution in [0, 0.1) is 0 Å². The number of hydrogen-bond donors (Lipinski definition) is 0. The second-order valence-electron chi connectivity index (χ2n) is 5.61. The standard InChI is InChI=1S/C18H13ClF3N3O3.C2H6/c1-2-28-17(27)14-10-23-25(16(14)18(20,21)22)13-5-3-12(4-6-13)24-8-7-11(19)9-15(24)26;1-2/h3-10H,2H2,1H3;1-2H3. The molecule has 2 heterocycles. The molecule has 10 heteroatoms. The first-order valence-corrected chi connectivity index (χ1v) is 9.41. The van der Waals surface area contributed by atoms with Crippen LogP contribution in [0.1, 0.15) is 36.8 Å². The normalized spacial score (nSPS) is 10.9. The van der Waals surface area contributed by atoms with Gasteiger partial charge in [0, 0.05) is 23.0 Å². The Bertz CT molecular complexity index is 1070. The molecule has 0 radical (unpaired) electrons. The van der Waals surface area contributed by atoms with Crippen LogP contribution in [0.2, 0.25) is 5.02 Å². The largest absolute Gasteiger partial charge is 0.462 e. The molecule has 0 unspecified atom stereocenters. The lowest BCUT2D eigenvalue weighted by molar-refractivity contribution is -0.143. The van der Waals surface area contributed by atoms with E-state index in [4.69, 9.17) is 11.6 Å². The Morgan fingerprint density at radius 1 is 1.13 bits per heavy atom. The van der Waals surface area contributed by atoms with Gasteiger partial charge >= 0.3 is 12.1 Å². The van der Waals surface area contributed by atoms with Gasteiger partial charge in [-0.3, -0.25) is 9.36 Å². The molecule has 3 rings (SSSR count). The molecule has 0 saturated carbocycles. The fraction of sp³-hybridized carbons (Fsp3) is 0.250. The van der Waals surface area contributed by atoms with Crippen molar-refractivity contribution in [3.63, 3.8) is 0 Å². The number of ether oxygens (including phenoxy) is 1. The lowest BCUT2D eigenvalue weighted by Crippen LogP contribution is -2.19. The number of benzene rings is 1. The van der Waals surface area contributed by atoms with Crippen LogP contribution in [0.25, 0.3) is 11.4 Å². The number of carbonyl (C=O) groups excluding carboxylic acids is 1. The van der Waals surface area contributed by atoms with Crippen molar-refractivity contribution < 1.29 is 22.7 Å². The summed E-state index contributed by atoms with van der Waals surface area (Å²) in [5.74, 6) is -1.11. The third kappa shape index (κ3) is 4.91. The first-order valence-electron chi connectivity index (χ1n) is 9.03. The van der Waals surface area contributed by atoms with E-state index in [-0.39, 0.29) is 22.9 Å². The molecule has 2 aromatic heterocycles. The Labute approximate surface area is 175 Å². The summed E-state index contributed by atoms with van der Waals surface area (Å²) >= 11 is 5.75. The van der Waals surface area contributed by atoms with Crippen molar-refractivity contribution in [1.82, 2.24) is 14.3 Å². The molecule has 0 aliphatic carbocycles. The molecular weight excluding hydrogens is 423 g/mol. The average Bonchev–Trinajstić information content (AvgIpc) is 3.16. The Morgan fingerprint density at radius 3 is 2.27 bits per heavy atom. The highest BCUT2D eigenvalue weighted by atomic mass is 35.5. The van der Waals surface area contributed by atoms with Crippen LogP contribution in [-0.2, 0) is 10.9 Å². The van der Waals surface area contributed by atoms with Crippen molar-refractivity contribution in [2.24, 2.45) is 0 Å². The predicted octanol–water partition coefficient (Wildman–Crippen LogP) is 4.90. The number of halogens is 4. The molecule has 1 aromatic carbocycles. The van der Waals surface area contributed by atoms with Crippen LogP contribution < -0.4 is 5.56 Å². The third-order valence-electron chi connectivity index (χ3n) is 3.79. The van der Waals surface area contributed by atoms with Crippen LogP contribution in [0.15, 0.2) is 53.6 Å². The number of esters is 1. The summed E-state index contributed by atoms with van der Waals surface area (Å²) in [5, 5.41) is 3.97. The zero-order valence-corrected chi connectivity index (χ0v) is 17.2. The number of hydrogen-bond acceptors (Lipinski definition) is 4. The van der Waals surface area contributed by atoms with Gasteiger partial charge in [-0.1, -0.05) is 25.4 Å². The van der Waals surface area contributed by atoms with Gasteiger partial charge in [-0.05, 0) is 37.3 Å². The molecule has 0 atom stereocenters. The van der Waals surface area contributed by atoms with Crippen molar-refractivity contribution >= 4 is 17.6 Å². The maximum Gasteiger partial charge on any atom is 0.434 e. The van der Waals surface area contributed by atoms with E-state index in [0.29, 0.717) is 10.4 Å². The highest BCUT2D eigenvalue weighted by molar-refractivity contribution is 6.30. The molecule has 0 spiro atoms. The summed E-state index contributed by atoms with van der Waals surface area (Å²) in [6.45, 7) is 5.43. The van der Waals surface area contributed by atoms with Gasteiger partial charge in [0.15, 0.2) is 5.69 Å². The highest BCUT2D eigenvalue weighted by Crippen LogP contribution is 2.34. The zero-order chi connectivity index (χ0) is 22.5. The SMILES string of the molecule is CC.CCOC(=O)c1cnn(-c2ccc(-n3ccc(Cl)cc3=O)cc2)c1C(F)(F)F. The molecule has 6 nitrogen and oxygen atoms in total. The van der Waals surface area contributed by atoms with Crippen molar-refractivity contribution in [2.75, 3.05) is 6.61 Å². The Morgan fingerprint density at radius 2 is 1.73 bits per heavy atom. The number of aromatic nitrogens is 3. The molecule has 3 aromatic rings. The van der Waals surface area contributed by atoms with Crippen LogP contribution in [0.4, 0.5) is 13.2 Å². The van der Waals surface area contributed by atoms with Crippen molar-refractivity contribution in [3.05, 3.63) is 75.4 Å². The van der Waals surface area contributed by atoms with Gasteiger partial charge < -0.3 is 4.74 Å². The monoisotopic (exact) mass is 441 g/mol. The van der Waals surface area contributed by atoms with E-state index in [1.807, 2.05) is 13.8 Å². The van der Waals surface area contributed by atoms with Gasteiger partial charge in [0.1, 0.15) is 5.56 Å². The van der Waals surface area contributed by atoms with E-state index in [1.165, 1.54) is 54.1 Å². The van der Waals surface area contributed by atoms with Crippen molar-refractivity contribution in [3.8, 4) is 11.4 Å². The van der Waals surface area contributed by atoms with Crippen LogP contribution >= 0.6 is 11.6 Å². The first-order chi connectivity index (χ1) is 14.2. The van der Waals surface area contributed by atoms with Gasteiger partial charge in [-0.2, -0.15) is 18.3 Å². The first kappa shape index (κ1) is 23.2. The van der Waals surface area contributed by atoms with E-state index >= 15 is 0 Å². The summed E-state index contributed by atoms with van der Waals surface area (Å²) in [6.07, 6.45) is -2.56. The summed E-state index contributed by atoms with van der Waals surface area (Å²) in [5.41, 5.74) is -1.81. The van der Waals surface area contributed by atoms with Gasteiger partial charge in [-0.15, -0.1) is 0 Å². The molecule has 0 aliphatic rings. The number of pyridine rings is 1. The maximum atomic E-state index is 13.5. The zero-order valence-electron chi connectivity index (χ0n) is 16.4. The second kappa shape index (κ2) is 9.62. The Kier molecular flexibility index (Phi) is 7.44. The molecule has 160 valence electrons.